The van der Waals surface area contributed by atoms with Gasteiger partial charge in [0.2, 0.25) is 0 Å². The molecule has 21 heavy (non-hydrogen) atoms. The highest BCUT2D eigenvalue weighted by Gasteiger charge is 2.46. The average molecular weight is 288 g/mol. The van der Waals surface area contributed by atoms with Crippen LogP contribution in [-0.2, 0) is 17.6 Å². The fourth-order valence-corrected chi connectivity index (χ4v) is 3.35. The maximum Gasteiger partial charge on any atom is 0.329 e. The summed E-state index contributed by atoms with van der Waals surface area (Å²) in [6.45, 7) is 2.10. The van der Waals surface area contributed by atoms with Crippen molar-refractivity contribution in [1.29, 1.82) is 0 Å². The summed E-state index contributed by atoms with van der Waals surface area (Å²) in [7, 11) is 0. The second-order valence-electron chi connectivity index (χ2n) is 6.10. The number of amides is 2. The Kier molecular flexibility index (Phi) is 3.35. The third-order valence-corrected chi connectivity index (χ3v) is 4.70. The van der Waals surface area contributed by atoms with Crippen molar-refractivity contribution in [1.82, 2.24) is 4.90 Å². The van der Waals surface area contributed by atoms with Crippen LogP contribution in [0.1, 0.15) is 37.3 Å². The van der Waals surface area contributed by atoms with E-state index in [-0.39, 0.29) is 6.03 Å². The molecule has 1 saturated heterocycles. The van der Waals surface area contributed by atoms with Crippen LogP contribution in [0.2, 0.25) is 0 Å². The molecule has 2 amide bonds. The Bertz CT molecular complexity index is 599. The number of carboxylic acid groups (broad SMARTS) is 1. The van der Waals surface area contributed by atoms with Gasteiger partial charge in [-0.25, -0.2) is 9.59 Å². The highest BCUT2D eigenvalue weighted by molar-refractivity contribution is 5.94. The Morgan fingerprint density at radius 2 is 2.00 bits per heavy atom. The fraction of sp³-hybridized carbons (Fsp3) is 0.500. The molecule has 2 aliphatic rings. The first-order valence-corrected chi connectivity index (χ1v) is 7.44. The maximum atomic E-state index is 12.4. The molecule has 3 rings (SSSR count). The number of hydrogen-bond donors (Lipinski definition) is 2. The minimum atomic E-state index is -1.10. The number of aryl methyl sites for hydroxylation is 2. The minimum absolute atomic E-state index is 0.324. The molecule has 0 saturated carbocycles. The molecule has 0 unspecified atom stereocenters. The molecule has 0 aromatic heterocycles. The molecule has 1 aromatic rings. The number of fused-ring (bicyclic) bond motifs is 1. The normalized spacial score (nSPS) is 24.0. The van der Waals surface area contributed by atoms with Crippen LogP contribution < -0.4 is 5.32 Å². The first-order valence-electron chi connectivity index (χ1n) is 7.44. The number of aliphatic carboxylic acids is 1. The van der Waals surface area contributed by atoms with E-state index in [1.54, 1.807) is 6.92 Å². The van der Waals surface area contributed by atoms with Crippen molar-refractivity contribution in [3.63, 3.8) is 0 Å². The zero-order chi connectivity index (χ0) is 15.0. The Morgan fingerprint density at radius 1 is 1.24 bits per heavy atom. The van der Waals surface area contributed by atoms with Gasteiger partial charge in [0, 0.05) is 12.2 Å². The molecular weight excluding hydrogens is 268 g/mol. The SMILES string of the molecule is C[C@]1(C(=O)O)CCCN1C(=O)Nc1ccc2c(c1)CCC2. The Labute approximate surface area is 123 Å². The molecule has 1 aliphatic carbocycles. The summed E-state index contributed by atoms with van der Waals surface area (Å²) in [5, 5.41) is 12.2. The molecule has 0 bridgehead atoms. The third kappa shape index (κ3) is 2.37. The van der Waals surface area contributed by atoms with E-state index >= 15 is 0 Å². The van der Waals surface area contributed by atoms with Crippen LogP contribution in [0.5, 0.6) is 0 Å². The van der Waals surface area contributed by atoms with Crippen molar-refractivity contribution in [2.45, 2.75) is 44.6 Å². The molecule has 1 aliphatic heterocycles. The van der Waals surface area contributed by atoms with E-state index in [9.17, 15) is 14.7 Å². The highest BCUT2D eigenvalue weighted by Crippen LogP contribution is 2.30. The van der Waals surface area contributed by atoms with Crippen LogP contribution in [0, 0.1) is 0 Å². The summed E-state index contributed by atoms with van der Waals surface area (Å²) in [4.78, 5) is 25.2. The first-order chi connectivity index (χ1) is 10.0. The molecule has 1 fully saturated rings. The third-order valence-electron chi connectivity index (χ3n) is 4.70. The molecule has 0 spiro atoms. The number of anilines is 1. The number of urea groups is 1. The summed E-state index contributed by atoms with van der Waals surface area (Å²) in [6.07, 6.45) is 4.54. The van der Waals surface area contributed by atoms with Gasteiger partial charge in [-0.3, -0.25) is 0 Å². The number of rotatable bonds is 2. The predicted molar refractivity (Wildman–Crippen MR) is 79.5 cm³/mol. The van der Waals surface area contributed by atoms with Gasteiger partial charge < -0.3 is 15.3 Å². The topological polar surface area (TPSA) is 69.6 Å². The van der Waals surface area contributed by atoms with Crippen LogP contribution in [-0.4, -0.2) is 34.1 Å². The smallest absolute Gasteiger partial charge is 0.329 e. The average Bonchev–Trinajstić information content (AvgIpc) is 3.05. The number of nitrogens with one attached hydrogen (secondary N) is 1. The van der Waals surface area contributed by atoms with Crippen molar-refractivity contribution in [2.24, 2.45) is 0 Å². The van der Waals surface area contributed by atoms with E-state index in [1.807, 2.05) is 12.1 Å². The lowest BCUT2D eigenvalue weighted by molar-refractivity contribution is -0.146. The number of nitrogens with zero attached hydrogens (tertiary/aromatic N) is 1. The maximum absolute atomic E-state index is 12.4. The molecule has 112 valence electrons. The van der Waals surface area contributed by atoms with Crippen molar-refractivity contribution < 1.29 is 14.7 Å². The summed E-state index contributed by atoms with van der Waals surface area (Å²) >= 11 is 0. The lowest BCUT2D eigenvalue weighted by atomic mass is 10.00. The standard InChI is InChI=1S/C16H20N2O3/c1-16(14(19)20)8-3-9-18(16)15(21)17-13-7-6-11-4-2-5-12(11)10-13/h6-7,10H,2-5,8-9H2,1H3,(H,17,21)(H,19,20)/t16-/m1/s1. The fourth-order valence-electron chi connectivity index (χ4n) is 3.35. The van der Waals surface area contributed by atoms with Crippen molar-refractivity contribution in [3.8, 4) is 0 Å². The molecule has 0 radical (unpaired) electrons. The van der Waals surface area contributed by atoms with Gasteiger partial charge in [0.25, 0.3) is 0 Å². The van der Waals surface area contributed by atoms with Gasteiger partial charge in [0.15, 0.2) is 0 Å². The monoisotopic (exact) mass is 288 g/mol. The Hall–Kier alpha value is -2.04. The van der Waals surface area contributed by atoms with Crippen LogP contribution in [0.15, 0.2) is 18.2 Å². The molecule has 5 heteroatoms. The molecule has 1 atom stereocenters. The number of carboxylic acids is 1. The zero-order valence-electron chi connectivity index (χ0n) is 12.2. The van der Waals surface area contributed by atoms with Gasteiger partial charge in [-0.1, -0.05) is 6.07 Å². The number of hydrogen-bond acceptors (Lipinski definition) is 2. The summed E-state index contributed by atoms with van der Waals surface area (Å²) in [5.41, 5.74) is 2.29. The van der Waals surface area contributed by atoms with Gasteiger partial charge in [-0.15, -0.1) is 0 Å². The summed E-state index contributed by atoms with van der Waals surface area (Å²) < 4.78 is 0. The van der Waals surface area contributed by atoms with E-state index in [4.69, 9.17) is 0 Å². The minimum Gasteiger partial charge on any atom is -0.480 e. The van der Waals surface area contributed by atoms with Crippen LogP contribution >= 0.6 is 0 Å². The number of benzene rings is 1. The van der Waals surface area contributed by atoms with Gasteiger partial charge in [0.05, 0.1) is 0 Å². The van der Waals surface area contributed by atoms with Gasteiger partial charge >= 0.3 is 12.0 Å². The van der Waals surface area contributed by atoms with E-state index < -0.39 is 11.5 Å². The molecule has 2 N–H and O–H groups in total. The Morgan fingerprint density at radius 3 is 2.76 bits per heavy atom. The highest BCUT2D eigenvalue weighted by atomic mass is 16.4. The van der Waals surface area contributed by atoms with E-state index in [0.29, 0.717) is 13.0 Å². The van der Waals surface area contributed by atoms with Crippen molar-refractivity contribution in [2.75, 3.05) is 11.9 Å². The molecule has 1 aromatic carbocycles. The predicted octanol–water partition coefficient (Wildman–Crippen LogP) is 2.65. The van der Waals surface area contributed by atoms with Crippen molar-refractivity contribution >= 4 is 17.7 Å². The second-order valence-corrected chi connectivity index (χ2v) is 6.10. The lowest BCUT2D eigenvalue weighted by Crippen LogP contribution is -2.52. The molecule has 1 heterocycles. The molecule has 5 nitrogen and oxygen atoms in total. The second kappa shape index (κ2) is 5.06. The van der Waals surface area contributed by atoms with E-state index in [2.05, 4.69) is 11.4 Å². The van der Waals surface area contributed by atoms with Gasteiger partial charge in [0.1, 0.15) is 5.54 Å². The van der Waals surface area contributed by atoms with Crippen LogP contribution in [0.4, 0.5) is 10.5 Å². The van der Waals surface area contributed by atoms with Crippen LogP contribution in [0.3, 0.4) is 0 Å². The zero-order valence-corrected chi connectivity index (χ0v) is 12.2. The summed E-state index contributed by atoms with van der Waals surface area (Å²) in [5.74, 6) is -0.941. The number of likely N-dealkylation sites (tertiary alicyclic amines) is 1. The van der Waals surface area contributed by atoms with Gasteiger partial charge in [-0.05, 0) is 62.3 Å². The van der Waals surface area contributed by atoms with Crippen molar-refractivity contribution in [3.05, 3.63) is 29.3 Å². The van der Waals surface area contributed by atoms with E-state index in [0.717, 1.165) is 31.4 Å². The summed E-state index contributed by atoms with van der Waals surface area (Å²) in [6, 6.07) is 5.64. The molecular formula is C16H20N2O3. The number of carbonyl (C=O) groups excluding carboxylic acids is 1. The van der Waals surface area contributed by atoms with Crippen LogP contribution in [0.25, 0.3) is 0 Å². The lowest BCUT2D eigenvalue weighted by Gasteiger charge is -2.31. The van der Waals surface area contributed by atoms with Gasteiger partial charge in [-0.2, -0.15) is 0 Å². The number of carbonyl (C=O) groups is 2. The largest absolute Gasteiger partial charge is 0.480 e. The first kappa shape index (κ1) is 13.9. The quantitative estimate of drug-likeness (QED) is 0.879. The Balaban J connectivity index is 1.76. The van der Waals surface area contributed by atoms with E-state index in [1.165, 1.54) is 16.0 Å².